The molecule has 0 aromatic heterocycles. The first-order valence-electron chi connectivity index (χ1n) is 4.77. The molecule has 0 amide bonds. The van der Waals surface area contributed by atoms with E-state index in [-0.39, 0.29) is 0 Å². The van der Waals surface area contributed by atoms with E-state index in [9.17, 15) is 0 Å². The van der Waals surface area contributed by atoms with Crippen molar-refractivity contribution in [1.82, 2.24) is 5.32 Å². The summed E-state index contributed by atoms with van der Waals surface area (Å²) in [4.78, 5) is 0. The first-order chi connectivity index (χ1) is 7.17. The van der Waals surface area contributed by atoms with Gasteiger partial charge in [-0.3, -0.25) is 0 Å². The zero-order valence-electron chi connectivity index (χ0n) is 8.89. The molecule has 1 unspecified atom stereocenters. The van der Waals surface area contributed by atoms with Gasteiger partial charge in [-0.25, -0.2) is 0 Å². The van der Waals surface area contributed by atoms with Crippen molar-refractivity contribution in [2.45, 2.75) is 12.5 Å². The van der Waals surface area contributed by atoms with Gasteiger partial charge >= 0.3 is 0 Å². The molecule has 0 heterocycles. The standard InChI is InChI=1S/C11H15Cl2NS/c1-14-10(7-15-2)6-8-5-9(12)3-4-11(8)13/h3-5,10,14H,6-7H2,1-2H3. The van der Waals surface area contributed by atoms with Gasteiger partial charge in [0.1, 0.15) is 0 Å². The molecule has 0 spiro atoms. The van der Waals surface area contributed by atoms with Crippen LogP contribution >= 0.6 is 35.0 Å². The summed E-state index contributed by atoms with van der Waals surface area (Å²) < 4.78 is 0. The Hall–Kier alpha value is 0.110. The Morgan fingerprint density at radius 3 is 2.73 bits per heavy atom. The van der Waals surface area contributed by atoms with Crippen molar-refractivity contribution in [2.24, 2.45) is 0 Å². The Morgan fingerprint density at radius 2 is 2.13 bits per heavy atom. The maximum atomic E-state index is 6.10. The monoisotopic (exact) mass is 263 g/mol. The second-order valence-electron chi connectivity index (χ2n) is 3.38. The van der Waals surface area contributed by atoms with Gasteiger partial charge in [-0.15, -0.1) is 0 Å². The van der Waals surface area contributed by atoms with E-state index >= 15 is 0 Å². The van der Waals surface area contributed by atoms with Crippen molar-refractivity contribution in [3.05, 3.63) is 33.8 Å². The summed E-state index contributed by atoms with van der Waals surface area (Å²) in [5, 5.41) is 4.81. The average Bonchev–Trinajstić information content (AvgIpc) is 2.22. The van der Waals surface area contributed by atoms with Gasteiger partial charge < -0.3 is 5.32 Å². The summed E-state index contributed by atoms with van der Waals surface area (Å²) in [6.07, 6.45) is 3.01. The van der Waals surface area contributed by atoms with Crippen LogP contribution in [0, 0.1) is 0 Å². The molecule has 0 saturated heterocycles. The predicted octanol–water partition coefficient (Wildman–Crippen LogP) is 3.49. The zero-order chi connectivity index (χ0) is 11.3. The van der Waals surface area contributed by atoms with Gasteiger partial charge in [0.05, 0.1) is 0 Å². The summed E-state index contributed by atoms with van der Waals surface area (Å²) >= 11 is 13.9. The van der Waals surface area contributed by atoms with Crippen molar-refractivity contribution in [1.29, 1.82) is 0 Å². The SMILES string of the molecule is CNC(CSC)Cc1cc(Cl)ccc1Cl. The number of thioether (sulfide) groups is 1. The molecule has 0 aliphatic heterocycles. The topological polar surface area (TPSA) is 12.0 Å². The quantitative estimate of drug-likeness (QED) is 0.873. The Kier molecular flexibility index (Phi) is 5.83. The Balaban J connectivity index is 2.73. The molecule has 0 fully saturated rings. The lowest BCUT2D eigenvalue weighted by Crippen LogP contribution is -2.30. The second-order valence-corrected chi connectivity index (χ2v) is 5.14. The van der Waals surface area contributed by atoms with Crippen LogP contribution in [0.1, 0.15) is 5.56 Å². The van der Waals surface area contributed by atoms with Gasteiger partial charge in [0, 0.05) is 21.8 Å². The van der Waals surface area contributed by atoms with Crippen LogP contribution in [-0.4, -0.2) is 25.1 Å². The number of likely N-dealkylation sites (N-methyl/N-ethyl adjacent to an activating group) is 1. The lowest BCUT2D eigenvalue weighted by Gasteiger charge is -2.15. The van der Waals surface area contributed by atoms with Crippen molar-refractivity contribution in [3.63, 3.8) is 0 Å². The molecule has 1 aromatic carbocycles. The molecule has 15 heavy (non-hydrogen) atoms. The fourth-order valence-corrected chi connectivity index (χ4v) is 2.49. The van der Waals surface area contributed by atoms with Gasteiger partial charge in [0.2, 0.25) is 0 Å². The Bertz CT molecular complexity index is 317. The first kappa shape index (κ1) is 13.2. The number of hydrogen-bond donors (Lipinski definition) is 1. The van der Waals surface area contributed by atoms with Crippen LogP contribution in [0.3, 0.4) is 0 Å². The predicted molar refractivity (Wildman–Crippen MR) is 71.4 cm³/mol. The lowest BCUT2D eigenvalue weighted by atomic mass is 10.1. The number of hydrogen-bond acceptors (Lipinski definition) is 2. The molecule has 1 aromatic rings. The minimum absolute atomic E-state index is 0.441. The highest BCUT2D eigenvalue weighted by molar-refractivity contribution is 7.98. The summed E-state index contributed by atoms with van der Waals surface area (Å²) in [5.74, 6) is 1.07. The van der Waals surface area contributed by atoms with Gasteiger partial charge in [-0.1, -0.05) is 23.2 Å². The van der Waals surface area contributed by atoms with E-state index < -0.39 is 0 Å². The maximum Gasteiger partial charge on any atom is 0.0439 e. The number of halogens is 2. The van der Waals surface area contributed by atoms with Crippen molar-refractivity contribution >= 4 is 35.0 Å². The number of benzene rings is 1. The third kappa shape index (κ3) is 4.23. The van der Waals surface area contributed by atoms with Gasteiger partial charge in [-0.05, 0) is 43.5 Å². The molecule has 4 heteroatoms. The molecule has 0 radical (unpaired) electrons. The van der Waals surface area contributed by atoms with E-state index in [1.165, 1.54) is 0 Å². The molecule has 0 aliphatic rings. The molecular weight excluding hydrogens is 249 g/mol. The van der Waals surface area contributed by atoms with Crippen molar-refractivity contribution < 1.29 is 0 Å². The highest BCUT2D eigenvalue weighted by atomic mass is 35.5. The molecule has 1 nitrogen and oxygen atoms in total. The van der Waals surface area contributed by atoms with E-state index in [4.69, 9.17) is 23.2 Å². The highest BCUT2D eigenvalue weighted by Crippen LogP contribution is 2.22. The summed E-state index contributed by atoms with van der Waals surface area (Å²) in [5.41, 5.74) is 1.11. The minimum atomic E-state index is 0.441. The van der Waals surface area contributed by atoms with Crippen LogP contribution in [-0.2, 0) is 6.42 Å². The van der Waals surface area contributed by atoms with Gasteiger partial charge in [0.15, 0.2) is 0 Å². The molecule has 0 saturated carbocycles. The van der Waals surface area contributed by atoms with E-state index in [0.29, 0.717) is 6.04 Å². The van der Waals surface area contributed by atoms with Crippen molar-refractivity contribution in [2.75, 3.05) is 19.1 Å². The Labute approximate surface area is 106 Å². The average molecular weight is 264 g/mol. The van der Waals surface area contributed by atoms with Crippen LogP contribution in [0.4, 0.5) is 0 Å². The Morgan fingerprint density at radius 1 is 1.40 bits per heavy atom. The fourth-order valence-electron chi connectivity index (χ4n) is 1.41. The first-order valence-corrected chi connectivity index (χ1v) is 6.92. The maximum absolute atomic E-state index is 6.10. The molecular formula is C11H15Cl2NS. The van der Waals surface area contributed by atoms with Crippen LogP contribution in [0.2, 0.25) is 10.0 Å². The molecule has 1 N–H and O–H groups in total. The third-order valence-corrected chi connectivity index (χ3v) is 3.59. The zero-order valence-corrected chi connectivity index (χ0v) is 11.2. The molecule has 84 valence electrons. The molecule has 0 aliphatic carbocycles. The van der Waals surface area contributed by atoms with Gasteiger partial charge in [0.25, 0.3) is 0 Å². The smallest absolute Gasteiger partial charge is 0.0439 e. The van der Waals surface area contributed by atoms with Crippen LogP contribution < -0.4 is 5.32 Å². The molecule has 1 atom stereocenters. The number of nitrogens with one attached hydrogen (secondary N) is 1. The van der Waals surface area contributed by atoms with Crippen LogP contribution in [0.5, 0.6) is 0 Å². The number of rotatable bonds is 5. The van der Waals surface area contributed by atoms with Crippen LogP contribution in [0.25, 0.3) is 0 Å². The van der Waals surface area contributed by atoms with Crippen LogP contribution in [0.15, 0.2) is 18.2 Å². The van der Waals surface area contributed by atoms with E-state index in [0.717, 1.165) is 27.8 Å². The summed E-state index contributed by atoms with van der Waals surface area (Å²) in [6.45, 7) is 0. The van der Waals surface area contributed by atoms with E-state index in [1.54, 1.807) is 0 Å². The highest BCUT2D eigenvalue weighted by Gasteiger charge is 2.09. The third-order valence-electron chi connectivity index (χ3n) is 2.25. The van der Waals surface area contributed by atoms with Crippen molar-refractivity contribution in [3.8, 4) is 0 Å². The summed E-state index contributed by atoms with van der Waals surface area (Å²) in [6, 6.07) is 6.05. The van der Waals surface area contributed by atoms with Gasteiger partial charge in [-0.2, -0.15) is 11.8 Å². The van der Waals surface area contributed by atoms with E-state index in [2.05, 4.69) is 11.6 Å². The van der Waals surface area contributed by atoms with E-state index in [1.807, 2.05) is 37.0 Å². The molecule has 1 rings (SSSR count). The normalized spacial score (nSPS) is 12.8. The largest absolute Gasteiger partial charge is 0.316 e. The fraction of sp³-hybridized carbons (Fsp3) is 0.455. The second kappa shape index (κ2) is 6.64. The minimum Gasteiger partial charge on any atom is -0.316 e. The summed E-state index contributed by atoms with van der Waals surface area (Å²) in [7, 11) is 1.97. The molecule has 0 bridgehead atoms. The lowest BCUT2D eigenvalue weighted by molar-refractivity contribution is 0.617.